The fraction of sp³-hybridized carbons (Fsp3) is 0.143. The van der Waals surface area contributed by atoms with Gasteiger partial charge in [0.05, 0.1) is 16.3 Å². The van der Waals surface area contributed by atoms with E-state index in [2.05, 4.69) is 47.2 Å². The molecule has 0 unspecified atom stereocenters. The van der Waals surface area contributed by atoms with Crippen LogP contribution in [0.15, 0.2) is 65.4 Å². The van der Waals surface area contributed by atoms with Crippen molar-refractivity contribution in [3.05, 3.63) is 76.2 Å². The van der Waals surface area contributed by atoms with Crippen LogP contribution in [0.25, 0.3) is 17.1 Å². The lowest BCUT2D eigenvalue weighted by molar-refractivity contribution is 0.102. The third-order valence-electron chi connectivity index (χ3n) is 4.27. The first-order valence-electron chi connectivity index (χ1n) is 8.76. The quantitative estimate of drug-likeness (QED) is 0.334. The Bertz CT molecular complexity index is 1100. The van der Waals surface area contributed by atoms with Gasteiger partial charge in [0.15, 0.2) is 16.8 Å². The molecule has 0 saturated heterocycles. The number of aromatic nitrogens is 4. The molecule has 0 amide bonds. The molecule has 4 aromatic rings. The van der Waals surface area contributed by atoms with Crippen molar-refractivity contribution in [1.82, 2.24) is 19.7 Å². The van der Waals surface area contributed by atoms with Gasteiger partial charge in [-0.15, -0.1) is 21.5 Å². The van der Waals surface area contributed by atoms with E-state index in [1.807, 2.05) is 34.2 Å². The summed E-state index contributed by atoms with van der Waals surface area (Å²) in [6, 6.07) is 13.9. The van der Waals surface area contributed by atoms with Crippen LogP contribution in [-0.2, 0) is 0 Å². The van der Waals surface area contributed by atoms with Crippen LogP contribution >= 0.6 is 23.1 Å². The number of nitrogens with zero attached hydrogens (tertiary/aromatic N) is 4. The average Bonchev–Trinajstić information content (AvgIpc) is 3.37. The Hall–Kier alpha value is -2.77. The van der Waals surface area contributed by atoms with Crippen LogP contribution in [0.3, 0.4) is 0 Å². The normalized spacial score (nSPS) is 10.9. The van der Waals surface area contributed by atoms with Crippen LogP contribution in [0, 0.1) is 13.8 Å². The lowest BCUT2D eigenvalue weighted by Gasteiger charge is -2.13. The zero-order valence-corrected chi connectivity index (χ0v) is 17.1. The van der Waals surface area contributed by atoms with E-state index in [1.165, 1.54) is 28.7 Å². The summed E-state index contributed by atoms with van der Waals surface area (Å²) in [5.41, 5.74) is 4.20. The molecule has 5 nitrogen and oxygen atoms in total. The highest BCUT2D eigenvalue weighted by molar-refractivity contribution is 7.99. The molecule has 1 aromatic carbocycles. The van der Waals surface area contributed by atoms with Gasteiger partial charge in [0.25, 0.3) is 0 Å². The summed E-state index contributed by atoms with van der Waals surface area (Å²) < 4.78 is 2.01. The van der Waals surface area contributed by atoms with Gasteiger partial charge in [-0.25, -0.2) is 0 Å². The molecule has 0 N–H and O–H groups in total. The summed E-state index contributed by atoms with van der Waals surface area (Å²) in [4.78, 5) is 17.4. The van der Waals surface area contributed by atoms with E-state index in [-0.39, 0.29) is 5.78 Å². The number of carbonyl (C=O) groups excluding carboxylic acids is 1. The Kier molecular flexibility index (Phi) is 5.36. The van der Waals surface area contributed by atoms with Crippen molar-refractivity contribution in [1.29, 1.82) is 0 Å². The van der Waals surface area contributed by atoms with E-state index in [4.69, 9.17) is 0 Å². The molecule has 7 heteroatoms. The smallest absolute Gasteiger partial charge is 0.196 e. The molecule has 3 aromatic heterocycles. The van der Waals surface area contributed by atoms with Gasteiger partial charge in [-0.1, -0.05) is 35.5 Å². The first kappa shape index (κ1) is 18.6. The van der Waals surface area contributed by atoms with Gasteiger partial charge >= 0.3 is 0 Å². The highest BCUT2D eigenvalue weighted by Gasteiger charge is 2.19. The highest BCUT2D eigenvalue weighted by Crippen LogP contribution is 2.30. The van der Waals surface area contributed by atoms with E-state index in [9.17, 15) is 4.79 Å². The van der Waals surface area contributed by atoms with Crippen LogP contribution in [0.1, 0.15) is 20.8 Å². The number of thioether (sulfide) groups is 1. The first-order valence-corrected chi connectivity index (χ1v) is 10.6. The number of ketones is 1. The number of thiophene rings is 1. The minimum absolute atomic E-state index is 0.0955. The monoisotopic (exact) mass is 406 g/mol. The van der Waals surface area contributed by atoms with Crippen LogP contribution in [0.4, 0.5) is 0 Å². The fourth-order valence-electron chi connectivity index (χ4n) is 2.96. The Morgan fingerprint density at radius 1 is 1.14 bits per heavy atom. The number of benzene rings is 1. The minimum atomic E-state index is 0.0955. The van der Waals surface area contributed by atoms with Crippen molar-refractivity contribution in [3.8, 4) is 17.1 Å². The molecule has 3 heterocycles. The second-order valence-corrected chi connectivity index (χ2v) is 8.25. The van der Waals surface area contributed by atoms with Gasteiger partial charge in [-0.3, -0.25) is 14.3 Å². The fourth-order valence-corrected chi connectivity index (χ4v) is 4.54. The number of aryl methyl sites for hydroxylation is 2. The molecule has 0 radical (unpaired) electrons. The second-order valence-electron chi connectivity index (χ2n) is 6.36. The van der Waals surface area contributed by atoms with Crippen molar-refractivity contribution in [3.63, 3.8) is 0 Å². The van der Waals surface area contributed by atoms with Gasteiger partial charge in [-0.05, 0) is 49.1 Å². The van der Waals surface area contributed by atoms with E-state index < -0.39 is 0 Å². The predicted octanol–water partition coefficient (Wildman–Crippen LogP) is 4.98. The van der Waals surface area contributed by atoms with E-state index in [0.717, 1.165) is 21.7 Å². The molecule has 4 rings (SSSR count). The summed E-state index contributed by atoms with van der Waals surface area (Å²) in [6.07, 6.45) is 3.51. The number of Topliss-reactive ketones (excluding diaryl/α,β-unsaturated/α-hetero) is 1. The molecule has 0 saturated carbocycles. The Morgan fingerprint density at radius 3 is 2.75 bits per heavy atom. The molecule has 0 fully saturated rings. The third kappa shape index (κ3) is 3.76. The van der Waals surface area contributed by atoms with Crippen molar-refractivity contribution in [2.45, 2.75) is 19.0 Å². The van der Waals surface area contributed by atoms with Gasteiger partial charge in [0, 0.05) is 18.0 Å². The molecular formula is C21H18N4OS2. The highest BCUT2D eigenvalue weighted by atomic mass is 32.2. The zero-order valence-electron chi connectivity index (χ0n) is 15.5. The maximum absolute atomic E-state index is 12.4. The van der Waals surface area contributed by atoms with Crippen molar-refractivity contribution in [2.24, 2.45) is 0 Å². The number of hydrogen-bond acceptors (Lipinski definition) is 6. The maximum atomic E-state index is 12.4. The standard InChI is InChI=1S/C21H18N4OS2/c1-14-7-8-17(15(2)11-14)25-20(16-5-3-9-22-12-16)23-24-21(25)28-13-18(26)19-6-4-10-27-19/h3-12H,13H2,1-2H3. The van der Waals surface area contributed by atoms with Gasteiger partial charge in [0.2, 0.25) is 0 Å². The van der Waals surface area contributed by atoms with E-state index >= 15 is 0 Å². The van der Waals surface area contributed by atoms with Gasteiger partial charge in [0.1, 0.15) is 0 Å². The number of carbonyl (C=O) groups is 1. The Morgan fingerprint density at radius 2 is 2.04 bits per heavy atom. The average molecular weight is 407 g/mol. The molecule has 140 valence electrons. The SMILES string of the molecule is Cc1ccc(-n2c(SCC(=O)c3cccs3)nnc2-c2cccnc2)c(C)c1. The molecule has 0 bridgehead atoms. The summed E-state index contributed by atoms with van der Waals surface area (Å²) in [7, 11) is 0. The van der Waals surface area contributed by atoms with Crippen LogP contribution < -0.4 is 0 Å². The van der Waals surface area contributed by atoms with Crippen LogP contribution in [-0.4, -0.2) is 31.3 Å². The predicted molar refractivity (Wildman–Crippen MR) is 113 cm³/mol. The van der Waals surface area contributed by atoms with E-state index in [1.54, 1.807) is 12.4 Å². The Labute approximate surface area is 171 Å². The molecule has 0 aliphatic heterocycles. The number of hydrogen-bond donors (Lipinski definition) is 0. The van der Waals surface area contributed by atoms with Crippen LogP contribution in [0.2, 0.25) is 0 Å². The van der Waals surface area contributed by atoms with Crippen molar-refractivity contribution < 1.29 is 4.79 Å². The second kappa shape index (κ2) is 8.08. The summed E-state index contributed by atoms with van der Waals surface area (Å²) >= 11 is 2.86. The zero-order chi connectivity index (χ0) is 19.5. The molecular weight excluding hydrogens is 388 g/mol. The molecule has 0 aliphatic carbocycles. The largest absolute Gasteiger partial charge is 0.292 e. The topological polar surface area (TPSA) is 60.7 Å². The molecule has 0 spiro atoms. The lowest BCUT2D eigenvalue weighted by Crippen LogP contribution is -2.05. The maximum Gasteiger partial charge on any atom is 0.196 e. The number of pyridine rings is 1. The van der Waals surface area contributed by atoms with Gasteiger partial charge in [-0.2, -0.15) is 0 Å². The summed E-state index contributed by atoms with van der Waals surface area (Å²) in [5.74, 6) is 1.13. The van der Waals surface area contributed by atoms with Gasteiger partial charge < -0.3 is 0 Å². The van der Waals surface area contributed by atoms with E-state index in [0.29, 0.717) is 16.7 Å². The summed E-state index contributed by atoms with van der Waals surface area (Å²) in [6.45, 7) is 4.14. The molecule has 28 heavy (non-hydrogen) atoms. The Balaban J connectivity index is 1.74. The number of rotatable bonds is 6. The first-order chi connectivity index (χ1) is 13.6. The van der Waals surface area contributed by atoms with Crippen LogP contribution in [0.5, 0.6) is 0 Å². The van der Waals surface area contributed by atoms with Crippen molar-refractivity contribution in [2.75, 3.05) is 5.75 Å². The van der Waals surface area contributed by atoms with Crippen molar-refractivity contribution >= 4 is 28.9 Å². The lowest BCUT2D eigenvalue weighted by atomic mass is 10.1. The molecule has 0 aliphatic rings. The third-order valence-corrected chi connectivity index (χ3v) is 6.11. The molecule has 0 atom stereocenters. The minimum Gasteiger partial charge on any atom is -0.292 e. The summed E-state index contributed by atoms with van der Waals surface area (Å²) in [5, 5.41) is 11.4.